The minimum Gasteiger partial charge on any atom is -0.365 e. The Hall–Kier alpha value is -1.93. The fraction of sp³-hybridized carbons (Fsp3) is 0.632. The summed E-state index contributed by atoms with van der Waals surface area (Å²) in [7, 11) is 0. The van der Waals surface area contributed by atoms with Crippen LogP contribution in [0.15, 0.2) is 0 Å². The van der Waals surface area contributed by atoms with Crippen LogP contribution in [-0.4, -0.2) is 60.2 Å². The van der Waals surface area contributed by atoms with Crippen LogP contribution in [0.2, 0.25) is 0 Å². The van der Waals surface area contributed by atoms with Gasteiger partial charge in [-0.15, -0.1) is 11.3 Å². The number of nitrogens with two attached hydrogens (primary N) is 1. The minimum absolute atomic E-state index is 0.0948. The summed E-state index contributed by atoms with van der Waals surface area (Å²) in [5, 5.41) is 3.35. The molecule has 0 atom stereocenters. The summed E-state index contributed by atoms with van der Waals surface area (Å²) in [6.07, 6.45) is 1.72. The number of hydrogen-bond acceptors (Lipinski definition) is 5. The van der Waals surface area contributed by atoms with E-state index < -0.39 is 5.91 Å². The molecule has 1 aliphatic rings. The first-order valence-electron chi connectivity index (χ1n) is 9.49. The van der Waals surface area contributed by atoms with Gasteiger partial charge in [-0.25, -0.2) is 0 Å². The van der Waals surface area contributed by atoms with E-state index in [1.165, 1.54) is 11.3 Å². The van der Waals surface area contributed by atoms with Crippen LogP contribution in [0, 0.1) is 19.8 Å². The fourth-order valence-electron chi connectivity index (χ4n) is 3.40. The van der Waals surface area contributed by atoms with Crippen molar-refractivity contribution >= 4 is 34.1 Å². The number of carbonyl (C=O) groups excluding carboxylic acids is 3. The number of amides is 3. The summed E-state index contributed by atoms with van der Waals surface area (Å²) < 4.78 is 0. The number of primary amides is 1. The maximum absolute atomic E-state index is 12.5. The highest BCUT2D eigenvalue weighted by molar-refractivity contribution is 7.16. The molecule has 150 valence electrons. The molecule has 1 aromatic heterocycles. The van der Waals surface area contributed by atoms with E-state index in [2.05, 4.69) is 5.32 Å². The van der Waals surface area contributed by atoms with Crippen molar-refractivity contribution in [1.82, 2.24) is 9.80 Å². The zero-order chi connectivity index (χ0) is 20.1. The molecule has 0 aliphatic carbocycles. The van der Waals surface area contributed by atoms with E-state index in [-0.39, 0.29) is 24.3 Å². The molecule has 8 heteroatoms. The third-order valence-electron chi connectivity index (χ3n) is 5.27. The normalized spacial score (nSPS) is 15.2. The van der Waals surface area contributed by atoms with Gasteiger partial charge in [-0.3, -0.25) is 19.3 Å². The molecular formula is C19H30N4O3S. The number of aryl methyl sites for hydroxylation is 1. The molecule has 3 amide bonds. The van der Waals surface area contributed by atoms with E-state index in [9.17, 15) is 14.4 Å². The number of carbonyl (C=O) groups is 3. The maximum atomic E-state index is 12.5. The van der Waals surface area contributed by atoms with E-state index in [4.69, 9.17) is 5.73 Å². The maximum Gasteiger partial charge on any atom is 0.251 e. The van der Waals surface area contributed by atoms with Crippen molar-refractivity contribution in [3.05, 3.63) is 16.0 Å². The van der Waals surface area contributed by atoms with Crippen molar-refractivity contribution in [2.24, 2.45) is 11.7 Å². The lowest BCUT2D eigenvalue weighted by Gasteiger charge is -2.35. The highest BCUT2D eigenvalue weighted by atomic mass is 32.1. The third-order valence-corrected chi connectivity index (χ3v) is 6.39. The SMILES string of the molecule is CCC(CC)C(=O)N1CCN(CC(=O)Nc2sc(C)c(C)c2C(N)=O)CC1. The Kier molecular flexibility index (Phi) is 7.38. The molecule has 27 heavy (non-hydrogen) atoms. The van der Waals surface area contributed by atoms with Gasteiger partial charge in [-0.2, -0.15) is 0 Å². The second kappa shape index (κ2) is 9.32. The van der Waals surface area contributed by atoms with Gasteiger partial charge in [0.05, 0.1) is 12.1 Å². The molecule has 1 fully saturated rings. The number of thiophene rings is 1. The summed E-state index contributed by atoms with van der Waals surface area (Å²) in [4.78, 5) is 41.4. The number of anilines is 1. The first kappa shape index (κ1) is 21.4. The topological polar surface area (TPSA) is 95.7 Å². The Labute approximate surface area is 164 Å². The molecule has 0 bridgehead atoms. The minimum atomic E-state index is -0.527. The molecule has 1 aliphatic heterocycles. The van der Waals surface area contributed by atoms with E-state index in [1.54, 1.807) is 0 Å². The molecule has 0 spiro atoms. The Morgan fingerprint density at radius 3 is 2.22 bits per heavy atom. The van der Waals surface area contributed by atoms with Gasteiger partial charge in [-0.05, 0) is 32.3 Å². The molecule has 3 N–H and O–H groups in total. The number of rotatable bonds is 7. The van der Waals surface area contributed by atoms with Crippen LogP contribution < -0.4 is 11.1 Å². The van der Waals surface area contributed by atoms with Gasteiger partial charge >= 0.3 is 0 Å². The van der Waals surface area contributed by atoms with Crippen LogP contribution in [0.25, 0.3) is 0 Å². The van der Waals surface area contributed by atoms with E-state index in [0.717, 1.165) is 23.3 Å². The van der Waals surface area contributed by atoms with E-state index in [1.807, 2.05) is 37.5 Å². The molecule has 7 nitrogen and oxygen atoms in total. The largest absolute Gasteiger partial charge is 0.365 e. The van der Waals surface area contributed by atoms with Gasteiger partial charge in [0.15, 0.2) is 0 Å². The molecule has 0 unspecified atom stereocenters. The Balaban J connectivity index is 1.89. The van der Waals surface area contributed by atoms with Crippen LogP contribution in [0.1, 0.15) is 47.5 Å². The van der Waals surface area contributed by atoms with Crippen molar-refractivity contribution < 1.29 is 14.4 Å². The van der Waals surface area contributed by atoms with E-state index >= 15 is 0 Å². The van der Waals surface area contributed by atoms with Crippen LogP contribution in [-0.2, 0) is 9.59 Å². The predicted octanol–water partition coefficient (Wildman–Crippen LogP) is 1.98. The van der Waals surface area contributed by atoms with Gasteiger partial charge in [0.1, 0.15) is 5.00 Å². The van der Waals surface area contributed by atoms with Gasteiger partial charge in [0, 0.05) is 37.0 Å². The van der Waals surface area contributed by atoms with Gasteiger partial charge in [0.25, 0.3) is 5.91 Å². The average molecular weight is 395 g/mol. The zero-order valence-corrected chi connectivity index (χ0v) is 17.4. The molecule has 1 aromatic rings. The Morgan fingerprint density at radius 2 is 1.70 bits per heavy atom. The second-order valence-electron chi connectivity index (χ2n) is 7.01. The zero-order valence-electron chi connectivity index (χ0n) is 16.6. The fourth-order valence-corrected chi connectivity index (χ4v) is 4.49. The molecule has 1 saturated heterocycles. The van der Waals surface area contributed by atoms with Crippen LogP contribution >= 0.6 is 11.3 Å². The summed E-state index contributed by atoms with van der Waals surface area (Å²) in [6, 6.07) is 0. The molecule has 2 rings (SSSR count). The quantitative estimate of drug-likeness (QED) is 0.739. The molecule has 2 heterocycles. The standard InChI is InChI=1S/C19H30N4O3S/c1-5-14(6-2)19(26)23-9-7-22(8-10-23)11-15(24)21-18-16(17(20)25)12(3)13(4)27-18/h14H,5-11H2,1-4H3,(H2,20,25)(H,21,24). The van der Waals surface area contributed by atoms with Crippen molar-refractivity contribution in [3.8, 4) is 0 Å². The monoisotopic (exact) mass is 394 g/mol. The first-order chi connectivity index (χ1) is 12.8. The van der Waals surface area contributed by atoms with Crippen LogP contribution in [0.4, 0.5) is 5.00 Å². The Morgan fingerprint density at radius 1 is 1.11 bits per heavy atom. The number of piperazine rings is 1. The first-order valence-corrected chi connectivity index (χ1v) is 10.3. The third kappa shape index (κ3) is 5.07. The van der Waals surface area contributed by atoms with Gasteiger partial charge < -0.3 is 16.0 Å². The summed E-state index contributed by atoms with van der Waals surface area (Å²) >= 11 is 1.37. The van der Waals surface area contributed by atoms with Crippen molar-refractivity contribution in [2.45, 2.75) is 40.5 Å². The van der Waals surface area contributed by atoms with Crippen molar-refractivity contribution in [1.29, 1.82) is 0 Å². The molecule has 0 radical (unpaired) electrons. The molecular weight excluding hydrogens is 364 g/mol. The number of nitrogens with zero attached hydrogens (tertiary/aromatic N) is 2. The van der Waals surface area contributed by atoms with Crippen LogP contribution in [0.5, 0.6) is 0 Å². The summed E-state index contributed by atoms with van der Waals surface area (Å²) in [5.74, 6) is -0.378. The van der Waals surface area contributed by atoms with Crippen molar-refractivity contribution in [3.63, 3.8) is 0 Å². The lowest BCUT2D eigenvalue weighted by Crippen LogP contribution is -2.51. The summed E-state index contributed by atoms with van der Waals surface area (Å²) in [6.45, 7) is 10.7. The number of hydrogen-bond donors (Lipinski definition) is 2. The average Bonchev–Trinajstić information content (AvgIpc) is 2.90. The lowest BCUT2D eigenvalue weighted by molar-refractivity contribution is -0.137. The summed E-state index contributed by atoms with van der Waals surface area (Å²) in [5.41, 5.74) is 6.66. The van der Waals surface area contributed by atoms with Gasteiger partial charge in [-0.1, -0.05) is 13.8 Å². The highest BCUT2D eigenvalue weighted by Gasteiger charge is 2.26. The smallest absolute Gasteiger partial charge is 0.251 e. The Bertz CT molecular complexity index is 704. The van der Waals surface area contributed by atoms with Crippen LogP contribution in [0.3, 0.4) is 0 Å². The van der Waals surface area contributed by atoms with E-state index in [0.29, 0.717) is 36.7 Å². The second-order valence-corrected chi connectivity index (χ2v) is 8.24. The van der Waals surface area contributed by atoms with Crippen molar-refractivity contribution in [2.75, 3.05) is 38.0 Å². The molecule has 0 aromatic carbocycles. The highest BCUT2D eigenvalue weighted by Crippen LogP contribution is 2.32. The molecule has 0 saturated carbocycles. The number of nitrogens with one attached hydrogen (secondary N) is 1. The van der Waals surface area contributed by atoms with Gasteiger partial charge in [0.2, 0.25) is 11.8 Å². The predicted molar refractivity (Wildman–Crippen MR) is 108 cm³/mol. The lowest BCUT2D eigenvalue weighted by atomic mass is 10.0.